The van der Waals surface area contributed by atoms with Gasteiger partial charge in [-0.3, -0.25) is 34.9 Å². The Hall–Kier alpha value is -3.48. The normalized spacial score (nSPS) is 14.1. The average Bonchev–Trinajstić information content (AvgIpc) is 2.92. The molecule has 7 nitrogen and oxygen atoms in total. The van der Waals surface area contributed by atoms with Crippen LogP contribution in [0, 0.1) is 12.8 Å². The fourth-order valence-electron chi connectivity index (χ4n) is 3.27. The second kappa shape index (κ2) is 7.64. The molecule has 7 heteroatoms. The number of imide groups is 1. The minimum atomic E-state index is -1.05. The van der Waals surface area contributed by atoms with E-state index in [2.05, 4.69) is 10.9 Å². The van der Waals surface area contributed by atoms with E-state index in [0.717, 1.165) is 10.5 Å². The fourth-order valence-corrected chi connectivity index (χ4v) is 3.27. The fraction of sp³-hybridized carbons (Fsp3) is 0.238. The predicted molar refractivity (Wildman–Crippen MR) is 102 cm³/mol. The maximum Gasteiger partial charge on any atom is 0.269 e. The number of hydrogen-bond donors (Lipinski definition) is 2. The molecule has 0 spiro atoms. The van der Waals surface area contributed by atoms with Gasteiger partial charge in [-0.2, -0.15) is 0 Å². The van der Waals surface area contributed by atoms with Crippen LogP contribution >= 0.6 is 0 Å². The second-order valence-corrected chi connectivity index (χ2v) is 6.97. The largest absolute Gasteiger partial charge is 0.271 e. The van der Waals surface area contributed by atoms with E-state index in [0.29, 0.717) is 5.56 Å². The Balaban J connectivity index is 1.77. The molecule has 4 amide bonds. The zero-order valence-corrected chi connectivity index (χ0v) is 15.9. The van der Waals surface area contributed by atoms with Crippen LogP contribution in [0.4, 0.5) is 0 Å². The van der Waals surface area contributed by atoms with Crippen molar-refractivity contribution in [2.24, 2.45) is 5.92 Å². The lowest BCUT2D eigenvalue weighted by Crippen LogP contribution is -2.56. The third-order valence-corrected chi connectivity index (χ3v) is 4.69. The lowest BCUT2D eigenvalue weighted by atomic mass is 10.0. The Labute approximate surface area is 162 Å². The molecule has 0 saturated heterocycles. The van der Waals surface area contributed by atoms with E-state index in [1.165, 1.54) is 0 Å². The summed E-state index contributed by atoms with van der Waals surface area (Å²) in [5.74, 6) is -2.49. The number of aryl methyl sites for hydroxylation is 1. The number of carbonyl (C=O) groups excluding carboxylic acids is 4. The summed E-state index contributed by atoms with van der Waals surface area (Å²) in [5.41, 5.74) is 6.44. The summed E-state index contributed by atoms with van der Waals surface area (Å²) in [4.78, 5) is 51.4. The quantitative estimate of drug-likeness (QED) is 0.628. The molecule has 2 aromatic rings. The Morgan fingerprint density at radius 1 is 0.857 bits per heavy atom. The summed E-state index contributed by atoms with van der Waals surface area (Å²) < 4.78 is 0. The summed E-state index contributed by atoms with van der Waals surface area (Å²) in [7, 11) is 0. The summed E-state index contributed by atoms with van der Waals surface area (Å²) in [6.07, 6.45) is 0. The molecule has 2 aromatic carbocycles. The van der Waals surface area contributed by atoms with E-state index in [9.17, 15) is 19.2 Å². The van der Waals surface area contributed by atoms with Gasteiger partial charge in [-0.15, -0.1) is 0 Å². The van der Waals surface area contributed by atoms with Crippen LogP contribution in [0.5, 0.6) is 0 Å². The van der Waals surface area contributed by atoms with Crippen molar-refractivity contribution >= 4 is 23.6 Å². The molecule has 1 aliphatic heterocycles. The molecule has 0 aliphatic carbocycles. The molecule has 1 heterocycles. The van der Waals surface area contributed by atoms with E-state index < -0.39 is 29.7 Å². The monoisotopic (exact) mass is 379 g/mol. The van der Waals surface area contributed by atoms with Gasteiger partial charge in [0.25, 0.3) is 23.6 Å². The number of nitrogens with one attached hydrogen (secondary N) is 2. The number of benzene rings is 2. The van der Waals surface area contributed by atoms with Gasteiger partial charge in [0.2, 0.25) is 0 Å². The first-order valence-electron chi connectivity index (χ1n) is 8.95. The molecule has 0 saturated carbocycles. The first-order chi connectivity index (χ1) is 13.3. The second-order valence-electron chi connectivity index (χ2n) is 6.97. The predicted octanol–water partition coefficient (Wildman–Crippen LogP) is 2.08. The first kappa shape index (κ1) is 19.3. The number of amides is 4. The van der Waals surface area contributed by atoms with E-state index in [-0.39, 0.29) is 17.0 Å². The summed E-state index contributed by atoms with van der Waals surface area (Å²) in [6, 6.07) is 12.4. The van der Waals surface area contributed by atoms with Crippen LogP contribution in [0.1, 0.15) is 50.5 Å². The van der Waals surface area contributed by atoms with Crippen LogP contribution < -0.4 is 10.9 Å². The zero-order valence-electron chi connectivity index (χ0n) is 15.9. The van der Waals surface area contributed by atoms with Gasteiger partial charge in [-0.05, 0) is 36.6 Å². The van der Waals surface area contributed by atoms with Crippen molar-refractivity contribution < 1.29 is 19.2 Å². The molecule has 1 unspecified atom stereocenters. The van der Waals surface area contributed by atoms with Crippen LogP contribution in [0.15, 0.2) is 48.5 Å². The highest BCUT2D eigenvalue weighted by molar-refractivity contribution is 6.22. The minimum absolute atomic E-state index is 0.273. The smallest absolute Gasteiger partial charge is 0.269 e. The van der Waals surface area contributed by atoms with Gasteiger partial charge in [0.15, 0.2) is 0 Å². The molecule has 0 radical (unpaired) electrons. The molecule has 144 valence electrons. The number of rotatable bonds is 4. The van der Waals surface area contributed by atoms with Gasteiger partial charge in [0, 0.05) is 5.56 Å². The highest BCUT2D eigenvalue weighted by atomic mass is 16.2. The minimum Gasteiger partial charge on any atom is -0.271 e. The molecule has 2 N–H and O–H groups in total. The van der Waals surface area contributed by atoms with Crippen LogP contribution in [-0.4, -0.2) is 34.6 Å². The molecule has 28 heavy (non-hydrogen) atoms. The molecule has 1 atom stereocenters. The Morgan fingerprint density at radius 3 is 1.93 bits per heavy atom. The third-order valence-electron chi connectivity index (χ3n) is 4.69. The van der Waals surface area contributed by atoms with Gasteiger partial charge >= 0.3 is 0 Å². The Morgan fingerprint density at radius 2 is 1.39 bits per heavy atom. The maximum absolute atomic E-state index is 12.8. The van der Waals surface area contributed by atoms with Gasteiger partial charge < -0.3 is 0 Å². The Kier molecular flexibility index (Phi) is 5.26. The molecule has 0 bridgehead atoms. The molecule has 0 fully saturated rings. The van der Waals surface area contributed by atoms with Gasteiger partial charge in [0.05, 0.1) is 11.1 Å². The molecular weight excluding hydrogens is 358 g/mol. The molecule has 1 aliphatic rings. The van der Waals surface area contributed by atoms with Crippen molar-refractivity contribution in [1.82, 2.24) is 15.8 Å². The number of hydrazine groups is 1. The van der Waals surface area contributed by atoms with E-state index in [1.54, 1.807) is 63.2 Å². The third kappa shape index (κ3) is 3.38. The van der Waals surface area contributed by atoms with E-state index in [1.807, 2.05) is 6.07 Å². The standard InChI is InChI=1S/C21H21N3O4/c1-12(2)17(24-20(27)15-10-6-7-11-16(15)21(24)28)19(26)23-22-18(25)14-9-5-4-8-13(14)3/h4-12,17H,1-3H3,(H,22,25)(H,23,26). The average molecular weight is 379 g/mol. The van der Waals surface area contributed by atoms with E-state index in [4.69, 9.17) is 0 Å². The van der Waals surface area contributed by atoms with Crippen molar-refractivity contribution in [2.75, 3.05) is 0 Å². The van der Waals surface area contributed by atoms with E-state index >= 15 is 0 Å². The highest BCUT2D eigenvalue weighted by Gasteiger charge is 2.44. The number of fused-ring (bicyclic) bond motifs is 1. The SMILES string of the molecule is Cc1ccccc1C(=O)NNC(=O)C(C(C)C)N1C(=O)c2ccccc2C1=O. The lowest BCUT2D eigenvalue weighted by molar-refractivity contribution is -0.127. The van der Waals surface area contributed by atoms with Crippen molar-refractivity contribution in [1.29, 1.82) is 0 Å². The number of carbonyl (C=O) groups is 4. The van der Waals surface area contributed by atoms with Crippen molar-refractivity contribution in [3.05, 3.63) is 70.8 Å². The van der Waals surface area contributed by atoms with Crippen molar-refractivity contribution in [3.8, 4) is 0 Å². The highest BCUT2D eigenvalue weighted by Crippen LogP contribution is 2.27. The summed E-state index contributed by atoms with van der Waals surface area (Å²) in [5, 5.41) is 0. The molecule has 0 aromatic heterocycles. The number of hydrogen-bond acceptors (Lipinski definition) is 4. The summed E-state index contributed by atoms with van der Waals surface area (Å²) >= 11 is 0. The Bertz CT molecular complexity index is 933. The topological polar surface area (TPSA) is 95.6 Å². The zero-order chi connectivity index (χ0) is 20.4. The van der Waals surface area contributed by atoms with Gasteiger partial charge in [-0.25, -0.2) is 0 Å². The molecule has 3 rings (SSSR count). The number of nitrogens with zero attached hydrogens (tertiary/aromatic N) is 1. The molecular formula is C21H21N3O4. The van der Waals surface area contributed by atoms with Crippen LogP contribution in [0.25, 0.3) is 0 Å². The van der Waals surface area contributed by atoms with Crippen molar-refractivity contribution in [3.63, 3.8) is 0 Å². The van der Waals surface area contributed by atoms with Gasteiger partial charge in [0.1, 0.15) is 6.04 Å². The lowest BCUT2D eigenvalue weighted by Gasteiger charge is -2.28. The first-order valence-corrected chi connectivity index (χ1v) is 8.95. The van der Waals surface area contributed by atoms with Crippen LogP contribution in [0.3, 0.4) is 0 Å². The van der Waals surface area contributed by atoms with Gasteiger partial charge in [-0.1, -0.05) is 44.2 Å². The van der Waals surface area contributed by atoms with Crippen LogP contribution in [0.2, 0.25) is 0 Å². The van der Waals surface area contributed by atoms with Crippen molar-refractivity contribution in [2.45, 2.75) is 26.8 Å². The van der Waals surface area contributed by atoms with Crippen LogP contribution in [-0.2, 0) is 4.79 Å². The summed E-state index contributed by atoms with van der Waals surface area (Å²) in [6.45, 7) is 5.25. The maximum atomic E-state index is 12.8.